The highest BCUT2D eigenvalue weighted by Crippen LogP contribution is 2.33. The number of carbonyl (C=O) groups is 3. The van der Waals surface area contributed by atoms with Gasteiger partial charge in [-0.25, -0.2) is 4.79 Å². The molecule has 0 atom stereocenters. The first-order chi connectivity index (χ1) is 11.5. The highest BCUT2D eigenvalue weighted by molar-refractivity contribution is 9.10. The summed E-state index contributed by atoms with van der Waals surface area (Å²) in [4.78, 5) is 36.1. The topological polar surface area (TPSA) is 94.2 Å². The largest absolute Gasteiger partial charge is 0.493 e. The second kappa shape index (κ2) is 8.00. The third-order valence-corrected chi connectivity index (χ3v) is 4.14. The van der Waals surface area contributed by atoms with Gasteiger partial charge in [0.15, 0.2) is 18.1 Å². The lowest BCUT2D eigenvalue weighted by Gasteiger charge is -2.13. The number of hydrogen-bond donors (Lipinski definition) is 1. The summed E-state index contributed by atoms with van der Waals surface area (Å²) < 4.78 is 16.0. The fourth-order valence-corrected chi connectivity index (χ4v) is 2.63. The van der Waals surface area contributed by atoms with Gasteiger partial charge in [0, 0.05) is 17.6 Å². The molecule has 1 aromatic carbocycles. The maximum absolute atomic E-state index is 11.9. The molecule has 24 heavy (non-hydrogen) atoms. The van der Waals surface area contributed by atoms with Crippen LogP contribution >= 0.6 is 15.9 Å². The van der Waals surface area contributed by atoms with Crippen LogP contribution in [0.2, 0.25) is 0 Å². The lowest BCUT2D eigenvalue weighted by molar-refractivity contribution is -0.150. The van der Waals surface area contributed by atoms with Crippen LogP contribution in [-0.4, -0.2) is 56.7 Å². The summed E-state index contributed by atoms with van der Waals surface area (Å²) in [5.41, 5.74) is 0.629. The zero-order valence-electron chi connectivity index (χ0n) is 13.3. The van der Waals surface area contributed by atoms with E-state index >= 15 is 0 Å². The van der Waals surface area contributed by atoms with Crippen LogP contribution in [0.5, 0.6) is 11.5 Å². The number of methoxy groups -OCH3 is 2. The molecule has 9 heteroatoms. The Balaban J connectivity index is 1.95. The highest BCUT2D eigenvalue weighted by atomic mass is 79.9. The van der Waals surface area contributed by atoms with Gasteiger partial charge in [-0.3, -0.25) is 14.5 Å². The summed E-state index contributed by atoms with van der Waals surface area (Å²) >= 11 is 3.35. The van der Waals surface area contributed by atoms with Crippen LogP contribution in [0.1, 0.15) is 5.56 Å². The van der Waals surface area contributed by atoms with E-state index in [4.69, 9.17) is 14.2 Å². The number of halogens is 1. The molecule has 1 fully saturated rings. The molecule has 0 radical (unpaired) electrons. The Kier molecular flexibility index (Phi) is 6.02. The summed E-state index contributed by atoms with van der Waals surface area (Å²) in [5.74, 6) is -0.134. The smallest absolute Gasteiger partial charge is 0.324 e. The molecule has 0 aromatic heterocycles. The number of esters is 1. The van der Waals surface area contributed by atoms with Gasteiger partial charge < -0.3 is 19.5 Å². The zero-order chi connectivity index (χ0) is 17.7. The average Bonchev–Trinajstić information content (AvgIpc) is 3.00. The van der Waals surface area contributed by atoms with E-state index in [9.17, 15) is 14.4 Å². The van der Waals surface area contributed by atoms with Crippen molar-refractivity contribution in [2.24, 2.45) is 0 Å². The third kappa shape index (κ3) is 4.16. The number of nitrogens with one attached hydrogen (secondary N) is 1. The van der Waals surface area contributed by atoms with E-state index in [0.29, 0.717) is 28.1 Å². The van der Waals surface area contributed by atoms with Crippen molar-refractivity contribution < 1.29 is 28.6 Å². The lowest BCUT2D eigenvalue weighted by Crippen LogP contribution is -2.37. The Morgan fingerprint density at radius 1 is 1.25 bits per heavy atom. The lowest BCUT2D eigenvalue weighted by atomic mass is 10.1. The Morgan fingerprint density at radius 2 is 1.92 bits per heavy atom. The SMILES string of the molecule is COc1cc(Br)c(CC(=O)OCC(=O)N2CCNC2=O)cc1OC. The van der Waals surface area contributed by atoms with E-state index in [1.807, 2.05) is 0 Å². The summed E-state index contributed by atoms with van der Waals surface area (Å²) in [5, 5.41) is 2.50. The molecule has 1 heterocycles. The maximum atomic E-state index is 11.9. The molecular formula is C15H17BrN2O6. The van der Waals surface area contributed by atoms with E-state index in [-0.39, 0.29) is 13.0 Å². The van der Waals surface area contributed by atoms with Crippen LogP contribution in [0.15, 0.2) is 16.6 Å². The van der Waals surface area contributed by atoms with Gasteiger partial charge in [-0.15, -0.1) is 0 Å². The van der Waals surface area contributed by atoms with E-state index in [1.54, 1.807) is 12.1 Å². The molecule has 1 aliphatic rings. The van der Waals surface area contributed by atoms with Crippen LogP contribution < -0.4 is 14.8 Å². The van der Waals surface area contributed by atoms with Crippen molar-refractivity contribution in [3.63, 3.8) is 0 Å². The third-order valence-electron chi connectivity index (χ3n) is 3.40. The van der Waals surface area contributed by atoms with E-state index in [1.165, 1.54) is 14.2 Å². The quantitative estimate of drug-likeness (QED) is 0.718. The number of hydrogen-bond acceptors (Lipinski definition) is 6. The number of carbonyl (C=O) groups excluding carboxylic acids is 3. The molecule has 2 rings (SSSR count). The predicted octanol–water partition coefficient (Wildman–Crippen LogP) is 1.10. The second-order valence-electron chi connectivity index (χ2n) is 4.91. The predicted molar refractivity (Wildman–Crippen MR) is 87.0 cm³/mol. The molecule has 3 amide bonds. The van der Waals surface area contributed by atoms with Crippen LogP contribution in [0.3, 0.4) is 0 Å². The van der Waals surface area contributed by atoms with Crippen molar-refractivity contribution in [1.29, 1.82) is 0 Å². The van der Waals surface area contributed by atoms with Gasteiger partial charge in [-0.1, -0.05) is 15.9 Å². The van der Waals surface area contributed by atoms with Crippen molar-refractivity contribution >= 4 is 33.8 Å². The van der Waals surface area contributed by atoms with Crippen molar-refractivity contribution in [3.8, 4) is 11.5 Å². The van der Waals surface area contributed by atoms with E-state index < -0.39 is 24.5 Å². The average molecular weight is 401 g/mol. The Morgan fingerprint density at radius 3 is 2.50 bits per heavy atom. The van der Waals surface area contributed by atoms with Gasteiger partial charge in [0.25, 0.3) is 5.91 Å². The first-order valence-electron chi connectivity index (χ1n) is 7.10. The van der Waals surface area contributed by atoms with Crippen molar-refractivity contribution in [3.05, 3.63) is 22.2 Å². The van der Waals surface area contributed by atoms with Crippen LogP contribution in [0.4, 0.5) is 4.79 Å². The Hall–Kier alpha value is -2.29. The van der Waals surface area contributed by atoms with Crippen molar-refractivity contribution in [2.45, 2.75) is 6.42 Å². The minimum absolute atomic E-state index is 0.0551. The summed E-state index contributed by atoms with van der Waals surface area (Å²) in [6.07, 6.45) is -0.0551. The Labute approximate surface area is 147 Å². The number of amides is 3. The molecule has 0 unspecified atom stereocenters. The van der Waals surface area contributed by atoms with Gasteiger partial charge in [0.1, 0.15) is 0 Å². The van der Waals surface area contributed by atoms with E-state index in [2.05, 4.69) is 21.2 Å². The number of imide groups is 1. The number of benzene rings is 1. The fraction of sp³-hybridized carbons (Fsp3) is 0.400. The van der Waals surface area contributed by atoms with Crippen molar-refractivity contribution in [2.75, 3.05) is 33.9 Å². The minimum Gasteiger partial charge on any atom is -0.493 e. The van der Waals surface area contributed by atoms with Gasteiger partial charge in [0.2, 0.25) is 0 Å². The molecule has 0 bridgehead atoms. The van der Waals surface area contributed by atoms with Crippen LogP contribution in [0.25, 0.3) is 0 Å². The molecular weight excluding hydrogens is 384 g/mol. The van der Waals surface area contributed by atoms with Gasteiger partial charge >= 0.3 is 12.0 Å². The first-order valence-corrected chi connectivity index (χ1v) is 7.89. The van der Waals surface area contributed by atoms with Crippen LogP contribution in [0, 0.1) is 0 Å². The maximum Gasteiger partial charge on any atom is 0.324 e. The monoisotopic (exact) mass is 400 g/mol. The number of urea groups is 1. The Bertz CT molecular complexity index is 664. The summed E-state index contributed by atoms with van der Waals surface area (Å²) in [6.45, 7) is 0.199. The van der Waals surface area contributed by atoms with Crippen LogP contribution in [-0.2, 0) is 20.7 Å². The second-order valence-corrected chi connectivity index (χ2v) is 5.77. The molecule has 130 valence electrons. The summed E-state index contributed by atoms with van der Waals surface area (Å²) in [6, 6.07) is 2.86. The molecule has 1 aliphatic heterocycles. The molecule has 0 aliphatic carbocycles. The highest BCUT2D eigenvalue weighted by Gasteiger charge is 2.26. The molecule has 1 saturated heterocycles. The van der Waals surface area contributed by atoms with Gasteiger partial charge in [-0.2, -0.15) is 0 Å². The number of rotatable bonds is 6. The van der Waals surface area contributed by atoms with E-state index in [0.717, 1.165) is 4.90 Å². The molecule has 0 saturated carbocycles. The van der Waals surface area contributed by atoms with Crippen molar-refractivity contribution in [1.82, 2.24) is 10.2 Å². The first kappa shape index (κ1) is 18.1. The van der Waals surface area contributed by atoms with Gasteiger partial charge in [0.05, 0.1) is 20.6 Å². The van der Waals surface area contributed by atoms with Gasteiger partial charge in [-0.05, 0) is 17.7 Å². The summed E-state index contributed by atoms with van der Waals surface area (Å²) in [7, 11) is 3.01. The fourth-order valence-electron chi connectivity index (χ4n) is 2.17. The molecule has 0 spiro atoms. The normalized spacial score (nSPS) is 13.5. The number of nitrogens with zero attached hydrogens (tertiary/aromatic N) is 1. The number of ether oxygens (including phenoxy) is 3. The standard InChI is InChI=1S/C15H17BrN2O6/c1-22-11-5-9(10(16)7-12(11)23-2)6-14(20)24-8-13(19)18-4-3-17-15(18)21/h5,7H,3-4,6,8H2,1-2H3,(H,17,21). The molecule has 1 aromatic rings. The minimum atomic E-state index is -0.587. The molecule has 1 N–H and O–H groups in total. The zero-order valence-corrected chi connectivity index (χ0v) is 14.8. The molecule has 8 nitrogen and oxygen atoms in total.